The minimum atomic E-state index is -0.458. The Morgan fingerprint density at radius 3 is 3.12 bits per heavy atom. The fraction of sp³-hybridized carbons (Fsp3) is 0.727. The summed E-state index contributed by atoms with van der Waals surface area (Å²) < 4.78 is 12.5. The lowest BCUT2D eigenvalue weighted by atomic mass is 10.1. The molecule has 90 valence electrons. The van der Waals surface area contributed by atoms with Crippen LogP contribution in [0, 0.1) is 0 Å². The summed E-state index contributed by atoms with van der Waals surface area (Å²) in [5, 5.41) is 14.0. The Kier molecular flexibility index (Phi) is 3.93. The molecule has 5 heteroatoms. The number of aryl methyl sites for hydroxylation is 2. The second kappa shape index (κ2) is 5.43. The third-order valence-electron chi connectivity index (χ3n) is 2.76. The fourth-order valence-corrected chi connectivity index (χ4v) is 1.83. The minimum Gasteiger partial charge on any atom is -0.390 e. The maximum absolute atomic E-state index is 9.91. The molecule has 0 amide bonds. The molecule has 5 nitrogen and oxygen atoms in total. The van der Waals surface area contributed by atoms with Gasteiger partial charge in [0.15, 0.2) is 0 Å². The molecule has 2 rings (SSSR count). The third kappa shape index (κ3) is 3.04. The van der Waals surface area contributed by atoms with E-state index in [1.165, 1.54) is 0 Å². The zero-order valence-corrected chi connectivity index (χ0v) is 9.50. The van der Waals surface area contributed by atoms with Crippen LogP contribution >= 0.6 is 0 Å². The van der Waals surface area contributed by atoms with E-state index >= 15 is 0 Å². The van der Waals surface area contributed by atoms with Crippen molar-refractivity contribution < 1.29 is 14.6 Å². The normalized spacial score (nSPS) is 23.2. The highest BCUT2D eigenvalue weighted by Crippen LogP contribution is 2.12. The molecule has 2 heterocycles. The Bertz CT molecular complexity index is 321. The maximum atomic E-state index is 9.91. The summed E-state index contributed by atoms with van der Waals surface area (Å²) in [6, 6.07) is 0. The second-order valence-corrected chi connectivity index (χ2v) is 4.11. The SMILES string of the molecule is Cn1cc(CCC(O)C2COCCO2)cn1. The van der Waals surface area contributed by atoms with Crippen molar-refractivity contribution in [2.75, 3.05) is 19.8 Å². The van der Waals surface area contributed by atoms with Crippen LogP contribution < -0.4 is 0 Å². The van der Waals surface area contributed by atoms with Gasteiger partial charge in [0, 0.05) is 13.2 Å². The molecular weight excluding hydrogens is 208 g/mol. The van der Waals surface area contributed by atoms with Crippen LogP contribution in [0.2, 0.25) is 0 Å². The number of hydrogen-bond acceptors (Lipinski definition) is 4. The van der Waals surface area contributed by atoms with E-state index in [2.05, 4.69) is 5.10 Å². The maximum Gasteiger partial charge on any atom is 0.107 e. The Morgan fingerprint density at radius 2 is 2.50 bits per heavy atom. The van der Waals surface area contributed by atoms with Crippen LogP contribution in [0.3, 0.4) is 0 Å². The van der Waals surface area contributed by atoms with Crippen molar-refractivity contribution in [2.45, 2.75) is 25.0 Å². The van der Waals surface area contributed by atoms with Crippen LogP contribution in [0.25, 0.3) is 0 Å². The molecule has 2 unspecified atom stereocenters. The van der Waals surface area contributed by atoms with Crippen molar-refractivity contribution in [3.63, 3.8) is 0 Å². The van der Waals surface area contributed by atoms with Crippen molar-refractivity contribution in [2.24, 2.45) is 7.05 Å². The van der Waals surface area contributed by atoms with Crippen LogP contribution in [-0.2, 0) is 22.9 Å². The lowest BCUT2D eigenvalue weighted by molar-refractivity contribution is -0.133. The third-order valence-corrected chi connectivity index (χ3v) is 2.76. The van der Waals surface area contributed by atoms with Crippen molar-refractivity contribution >= 4 is 0 Å². The molecule has 1 fully saturated rings. The first-order valence-electron chi connectivity index (χ1n) is 5.60. The van der Waals surface area contributed by atoms with E-state index in [9.17, 15) is 5.11 Å². The molecular formula is C11H18N2O3. The second-order valence-electron chi connectivity index (χ2n) is 4.11. The first-order valence-corrected chi connectivity index (χ1v) is 5.60. The molecule has 0 saturated carbocycles. The summed E-state index contributed by atoms with van der Waals surface area (Å²) in [5.41, 5.74) is 1.14. The predicted octanol–water partition coefficient (Wildman–Crippen LogP) is 0.129. The summed E-state index contributed by atoms with van der Waals surface area (Å²) in [5.74, 6) is 0. The summed E-state index contributed by atoms with van der Waals surface area (Å²) >= 11 is 0. The number of aliphatic hydroxyl groups is 1. The van der Waals surface area contributed by atoms with E-state index in [0.29, 0.717) is 26.2 Å². The molecule has 0 bridgehead atoms. The largest absolute Gasteiger partial charge is 0.390 e. The van der Waals surface area contributed by atoms with E-state index in [1.807, 2.05) is 19.4 Å². The first kappa shape index (κ1) is 11.6. The van der Waals surface area contributed by atoms with E-state index < -0.39 is 6.10 Å². The van der Waals surface area contributed by atoms with Gasteiger partial charge < -0.3 is 14.6 Å². The minimum absolute atomic E-state index is 0.176. The summed E-state index contributed by atoms with van der Waals surface area (Å²) in [4.78, 5) is 0. The van der Waals surface area contributed by atoms with E-state index in [0.717, 1.165) is 12.0 Å². The topological polar surface area (TPSA) is 56.5 Å². The molecule has 0 spiro atoms. The zero-order chi connectivity index (χ0) is 11.4. The molecule has 2 atom stereocenters. The number of hydrogen-bond donors (Lipinski definition) is 1. The Morgan fingerprint density at radius 1 is 1.62 bits per heavy atom. The van der Waals surface area contributed by atoms with Gasteiger partial charge in [0.2, 0.25) is 0 Å². The molecule has 1 aromatic heterocycles. The van der Waals surface area contributed by atoms with Gasteiger partial charge in [-0.1, -0.05) is 0 Å². The number of aromatic nitrogens is 2. The average molecular weight is 226 g/mol. The summed E-state index contributed by atoms with van der Waals surface area (Å²) in [7, 11) is 1.89. The van der Waals surface area contributed by atoms with Crippen LogP contribution in [0.15, 0.2) is 12.4 Å². The van der Waals surface area contributed by atoms with Gasteiger partial charge in [-0.15, -0.1) is 0 Å². The fourth-order valence-electron chi connectivity index (χ4n) is 1.83. The van der Waals surface area contributed by atoms with Gasteiger partial charge in [0.25, 0.3) is 0 Å². The number of ether oxygens (including phenoxy) is 2. The highest BCUT2D eigenvalue weighted by Gasteiger charge is 2.22. The van der Waals surface area contributed by atoms with Gasteiger partial charge in [-0.2, -0.15) is 5.10 Å². The molecule has 1 aromatic rings. The number of nitrogens with zero attached hydrogens (tertiary/aromatic N) is 2. The molecule has 0 aliphatic carbocycles. The van der Waals surface area contributed by atoms with E-state index in [-0.39, 0.29) is 6.10 Å². The van der Waals surface area contributed by atoms with Crippen molar-refractivity contribution in [3.05, 3.63) is 18.0 Å². The van der Waals surface area contributed by atoms with Crippen LogP contribution in [0.1, 0.15) is 12.0 Å². The Labute approximate surface area is 95.0 Å². The van der Waals surface area contributed by atoms with E-state index in [4.69, 9.17) is 9.47 Å². The van der Waals surface area contributed by atoms with Gasteiger partial charge in [-0.3, -0.25) is 4.68 Å². The van der Waals surface area contributed by atoms with E-state index in [1.54, 1.807) is 4.68 Å². The lowest BCUT2D eigenvalue weighted by Crippen LogP contribution is -2.38. The summed E-state index contributed by atoms with van der Waals surface area (Å²) in [6.07, 6.45) is 4.65. The van der Waals surface area contributed by atoms with Crippen LogP contribution in [-0.4, -0.2) is 46.9 Å². The standard InChI is InChI=1S/C11H18N2O3/c1-13-7-9(6-12-13)2-3-10(14)11-8-15-4-5-16-11/h6-7,10-11,14H,2-5,8H2,1H3. The molecule has 16 heavy (non-hydrogen) atoms. The van der Waals surface area contributed by atoms with Gasteiger partial charge in [-0.25, -0.2) is 0 Å². The van der Waals surface area contributed by atoms with Gasteiger partial charge in [0.1, 0.15) is 6.10 Å². The highest BCUT2D eigenvalue weighted by atomic mass is 16.6. The summed E-state index contributed by atoms with van der Waals surface area (Å²) in [6.45, 7) is 1.70. The first-order chi connectivity index (χ1) is 7.75. The Balaban J connectivity index is 1.76. The lowest BCUT2D eigenvalue weighted by Gasteiger charge is -2.27. The van der Waals surface area contributed by atoms with Crippen LogP contribution in [0.5, 0.6) is 0 Å². The molecule has 0 aromatic carbocycles. The molecule has 0 radical (unpaired) electrons. The van der Waals surface area contributed by atoms with Crippen molar-refractivity contribution in [1.82, 2.24) is 9.78 Å². The highest BCUT2D eigenvalue weighted by molar-refractivity contribution is 5.03. The zero-order valence-electron chi connectivity index (χ0n) is 9.50. The molecule has 1 aliphatic rings. The smallest absolute Gasteiger partial charge is 0.107 e. The average Bonchev–Trinajstić information content (AvgIpc) is 2.73. The van der Waals surface area contributed by atoms with Gasteiger partial charge in [0.05, 0.1) is 32.1 Å². The quantitative estimate of drug-likeness (QED) is 0.793. The van der Waals surface area contributed by atoms with Gasteiger partial charge >= 0.3 is 0 Å². The Hall–Kier alpha value is -0.910. The monoisotopic (exact) mass is 226 g/mol. The van der Waals surface area contributed by atoms with Crippen molar-refractivity contribution in [3.8, 4) is 0 Å². The molecule has 1 aliphatic heterocycles. The predicted molar refractivity (Wildman–Crippen MR) is 58.1 cm³/mol. The van der Waals surface area contributed by atoms with Crippen LogP contribution in [0.4, 0.5) is 0 Å². The molecule has 1 N–H and O–H groups in total. The number of aliphatic hydroxyl groups excluding tert-OH is 1. The van der Waals surface area contributed by atoms with Gasteiger partial charge in [-0.05, 0) is 18.4 Å². The van der Waals surface area contributed by atoms with Crippen molar-refractivity contribution in [1.29, 1.82) is 0 Å². The number of rotatable bonds is 4. The molecule has 1 saturated heterocycles.